The predicted octanol–water partition coefficient (Wildman–Crippen LogP) is -0.113. The van der Waals surface area contributed by atoms with Gasteiger partial charge in [-0.15, -0.1) is 0 Å². The van der Waals surface area contributed by atoms with Crippen LogP contribution in [0.25, 0.3) is 0 Å². The normalized spacial score (nSPS) is 28.5. The zero-order valence-electron chi connectivity index (χ0n) is 6.33. The van der Waals surface area contributed by atoms with E-state index in [9.17, 15) is 5.11 Å². The first-order chi connectivity index (χ1) is 5.29. The quantitative estimate of drug-likeness (QED) is 0.532. The monoisotopic (exact) mass is 150 g/mol. The molecule has 2 rings (SSSR count). The van der Waals surface area contributed by atoms with Crippen molar-refractivity contribution in [2.45, 2.75) is 18.6 Å². The van der Waals surface area contributed by atoms with Gasteiger partial charge in [0.2, 0.25) is 0 Å². The van der Waals surface area contributed by atoms with Gasteiger partial charge in [0.15, 0.2) is 0 Å². The summed E-state index contributed by atoms with van der Waals surface area (Å²) in [6.45, 7) is 0. The smallest absolute Gasteiger partial charge is 0.137 e. The van der Waals surface area contributed by atoms with E-state index in [4.69, 9.17) is 0 Å². The van der Waals surface area contributed by atoms with Crippen LogP contribution in [0.3, 0.4) is 0 Å². The van der Waals surface area contributed by atoms with Crippen LogP contribution >= 0.6 is 0 Å². The number of hydrogen-bond donors (Lipinski definition) is 2. The standard InChI is InChI=1S/C9H11NO/c10-9-7-4-2-1-3-6(7)5-8(9)11/h1-4,8-9,11H,5,10H2/p+1/t8-,9+/m1/s1. The summed E-state index contributed by atoms with van der Waals surface area (Å²) in [6.07, 6.45) is 0.497. The van der Waals surface area contributed by atoms with E-state index in [1.807, 2.05) is 18.2 Å². The summed E-state index contributed by atoms with van der Waals surface area (Å²) in [7, 11) is 0. The summed E-state index contributed by atoms with van der Waals surface area (Å²) in [5.41, 5.74) is 6.37. The van der Waals surface area contributed by atoms with E-state index in [1.165, 1.54) is 11.1 Å². The van der Waals surface area contributed by atoms with E-state index in [0.29, 0.717) is 0 Å². The van der Waals surface area contributed by atoms with Gasteiger partial charge in [-0.3, -0.25) is 0 Å². The van der Waals surface area contributed by atoms with Gasteiger partial charge in [-0.05, 0) is 5.56 Å². The zero-order valence-corrected chi connectivity index (χ0v) is 6.33. The van der Waals surface area contributed by atoms with Crippen LogP contribution in [0.15, 0.2) is 24.3 Å². The van der Waals surface area contributed by atoms with Gasteiger partial charge in [-0.1, -0.05) is 24.3 Å². The van der Waals surface area contributed by atoms with E-state index < -0.39 is 0 Å². The molecule has 0 saturated carbocycles. The molecule has 0 saturated heterocycles. The van der Waals surface area contributed by atoms with Crippen LogP contribution in [0.1, 0.15) is 17.2 Å². The van der Waals surface area contributed by atoms with E-state index in [1.54, 1.807) is 0 Å². The number of benzene rings is 1. The lowest BCUT2D eigenvalue weighted by molar-refractivity contribution is -0.441. The first-order valence-corrected chi connectivity index (χ1v) is 3.88. The highest BCUT2D eigenvalue weighted by Gasteiger charge is 2.30. The molecule has 2 heteroatoms. The van der Waals surface area contributed by atoms with Crippen molar-refractivity contribution in [3.05, 3.63) is 35.4 Å². The number of aliphatic hydroxyl groups excluding tert-OH is 1. The minimum absolute atomic E-state index is 0.0752. The molecule has 1 aromatic rings. The highest BCUT2D eigenvalue weighted by atomic mass is 16.3. The van der Waals surface area contributed by atoms with Crippen LogP contribution in [-0.2, 0) is 6.42 Å². The molecule has 11 heavy (non-hydrogen) atoms. The van der Waals surface area contributed by atoms with Gasteiger partial charge in [0.1, 0.15) is 12.1 Å². The number of quaternary nitrogens is 1. The Bertz CT molecular complexity index is 272. The van der Waals surface area contributed by atoms with Crippen LogP contribution < -0.4 is 5.73 Å². The highest BCUT2D eigenvalue weighted by molar-refractivity contribution is 5.34. The second kappa shape index (κ2) is 2.32. The Kier molecular flexibility index (Phi) is 1.44. The Morgan fingerprint density at radius 2 is 2.09 bits per heavy atom. The molecule has 0 spiro atoms. The van der Waals surface area contributed by atoms with Crippen LogP contribution in [0, 0.1) is 0 Å². The van der Waals surface area contributed by atoms with E-state index in [0.717, 1.165) is 6.42 Å². The summed E-state index contributed by atoms with van der Waals surface area (Å²) in [6, 6.07) is 8.18. The summed E-state index contributed by atoms with van der Waals surface area (Å²) in [5.74, 6) is 0. The molecule has 1 aliphatic carbocycles. The van der Waals surface area contributed by atoms with E-state index >= 15 is 0 Å². The summed E-state index contributed by atoms with van der Waals surface area (Å²) in [4.78, 5) is 0. The fourth-order valence-electron chi connectivity index (χ4n) is 1.66. The van der Waals surface area contributed by atoms with E-state index in [-0.39, 0.29) is 12.1 Å². The second-order valence-corrected chi connectivity index (χ2v) is 3.08. The molecule has 0 heterocycles. The summed E-state index contributed by atoms with van der Waals surface area (Å²) in [5, 5.41) is 9.46. The fraction of sp³-hybridized carbons (Fsp3) is 0.333. The van der Waals surface area contributed by atoms with Crippen molar-refractivity contribution in [1.82, 2.24) is 0 Å². The molecule has 0 unspecified atom stereocenters. The van der Waals surface area contributed by atoms with E-state index in [2.05, 4.69) is 11.8 Å². The van der Waals surface area contributed by atoms with Gasteiger partial charge in [-0.25, -0.2) is 0 Å². The molecule has 58 valence electrons. The van der Waals surface area contributed by atoms with Crippen molar-refractivity contribution in [3.8, 4) is 0 Å². The number of hydrogen-bond acceptors (Lipinski definition) is 1. The number of aliphatic hydroxyl groups is 1. The first-order valence-electron chi connectivity index (χ1n) is 3.88. The fourth-order valence-corrected chi connectivity index (χ4v) is 1.66. The predicted molar refractivity (Wildman–Crippen MR) is 41.8 cm³/mol. The van der Waals surface area contributed by atoms with Gasteiger partial charge in [-0.2, -0.15) is 0 Å². The highest BCUT2D eigenvalue weighted by Crippen LogP contribution is 2.27. The minimum atomic E-state index is -0.271. The Hall–Kier alpha value is -0.860. The number of fused-ring (bicyclic) bond motifs is 1. The Labute approximate surface area is 65.7 Å². The Morgan fingerprint density at radius 1 is 1.36 bits per heavy atom. The van der Waals surface area contributed by atoms with Crippen molar-refractivity contribution in [2.24, 2.45) is 0 Å². The van der Waals surface area contributed by atoms with Gasteiger partial charge < -0.3 is 10.8 Å². The second-order valence-electron chi connectivity index (χ2n) is 3.08. The lowest BCUT2D eigenvalue weighted by atomic mass is 10.1. The Balaban J connectivity index is 2.47. The topological polar surface area (TPSA) is 47.9 Å². The molecule has 0 radical (unpaired) electrons. The molecule has 2 atom stereocenters. The molecule has 0 aromatic heterocycles. The van der Waals surface area contributed by atoms with Gasteiger partial charge in [0.05, 0.1) is 0 Å². The Morgan fingerprint density at radius 3 is 2.82 bits per heavy atom. The largest absolute Gasteiger partial charge is 0.386 e. The van der Waals surface area contributed by atoms with Crippen LogP contribution in [0.2, 0.25) is 0 Å². The molecule has 0 amide bonds. The van der Waals surface area contributed by atoms with Crippen LogP contribution in [0.5, 0.6) is 0 Å². The van der Waals surface area contributed by atoms with Gasteiger partial charge in [0, 0.05) is 12.0 Å². The van der Waals surface area contributed by atoms with Crippen molar-refractivity contribution < 1.29 is 10.8 Å². The van der Waals surface area contributed by atoms with Crippen LogP contribution in [0.4, 0.5) is 0 Å². The average Bonchev–Trinajstić information content (AvgIpc) is 2.30. The zero-order chi connectivity index (χ0) is 7.84. The summed E-state index contributed by atoms with van der Waals surface area (Å²) >= 11 is 0. The maximum atomic E-state index is 9.46. The number of rotatable bonds is 0. The van der Waals surface area contributed by atoms with Gasteiger partial charge >= 0.3 is 0 Å². The lowest BCUT2D eigenvalue weighted by Crippen LogP contribution is -2.57. The van der Waals surface area contributed by atoms with Crippen molar-refractivity contribution in [1.29, 1.82) is 0 Å². The third-order valence-electron chi connectivity index (χ3n) is 2.35. The molecule has 0 fully saturated rings. The average molecular weight is 150 g/mol. The SMILES string of the molecule is [NH3+][C@H]1c2ccccc2C[C@H]1O. The van der Waals surface area contributed by atoms with Crippen LogP contribution in [-0.4, -0.2) is 11.2 Å². The third kappa shape index (κ3) is 0.951. The van der Waals surface area contributed by atoms with Crippen molar-refractivity contribution in [3.63, 3.8) is 0 Å². The molecule has 0 bridgehead atoms. The summed E-state index contributed by atoms with van der Waals surface area (Å²) < 4.78 is 0. The molecular formula is C9H12NO+. The minimum Gasteiger partial charge on any atom is -0.386 e. The molecule has 4 N–H and O–H groups in total. The molecule has 1 aliphatic rings. The van der Waals surface area contributed by atoms with Crippen molar-refractivity contribution in [2.75, 3.05) is 0 Å². The molecule has 0 aliphatic heterocycles. The molecule has 2 nitrogen and oxygen atoms in total. The third-order valence-corrected chi connectivity index (χ3v) is 2.35. The maximum Gasteiger partial charge on any atom is 0.137 e. The maximum absolute atomic E-state index is 9.46. The lowest BCUT2D eigenvalue weighted by Gasteiger charge is -2.03. The van der Waals surface area contributed by atoms with Gasteiger partial charge in [0.25, 0.3) is 0 Å². The first kappa shape index (κ1) is 6.83. The molecular weight excluding hydrogens is 138 g/mol. The molecule has 1 aromatic carbocycles. The van der Waals surface area contributed by atoms with Crippen molar-refractivity contribution >= 4 is 0 Å².